The molecule has 15 heavy (non-hydrogen) atoms. The molecule has 1 amide bonds. The van der Waals surface area contributed by atoms with E-state index in [1.54, 1.807) is 12.3 Å². The fourth-order valence-corrected chi connectivity index (χ4v) is 1.86. The molecule has 1 aromatic rings. The summed E-state index contributed by atoms with van der Waals surface area (Å²) in [5.41, 5.74) is 1.06. The number of carboxylic acids is 1. The van der Waals surface area contributed by atoms with E-state index in [2.05, 4.69) is 17.2 Å². The number of hydrogen-bond donors (Lipinski definition) is 2. The highest BCUT2D eigenvalue weighted by atomic mass is 32.1. The third kappa shape index (κ3) is 2.58. The second kappa shape index (κ2) is 4.62. The van der Waals surface area contributed by atoms with E-state index in [9.17, 15) is 9.59 Å². The summed E-state index contributed by atoms with van der Waals surface area (Å²) in [5, 5.41) is 13.0. The molecule has 0 aromatic carbocycles. The quantitative estimate of drug-likeness (QED) is 0.750. The molecule has 0 saturated heterocycles. The zero-order chi connectivity index (χ0) is 11.4. The Hall–Kier alpha value is -1.80. The van der Waals surface area contributed by atoms with Crippen LogP contribution in [-0.2, 0) is 4.79 Å². The topological polar surface area (TPSA) is 66.4 Å². The predicted octanol–water partition coefficient (Wildman–Crippen LogP) is 1.72. The number of hydrogen-bond acceptors (Lipinski definition) is 3. The summed E-state index contributed by atoms with van der Waals surface area (Å²) in [6, 6.07) is 0. The number of amides is 1. The number of aromatic carboxylic acids is 1. The molecule has 0 bridgehead atoms. The summed E-state index contributed by atoms with van der Waals surface area (Å²) >= 11 is 1.08. The number of aryl methyl sites for hydroxylation is 1. The van der Waals surface area contributed by atoms with Crippen LogP contribution in [0.1, 0.15) is 22.2 Å². The van der Waals surface area contributed by atoms with E-state index in [1.165, 1.54) is 6.92 Å². The SMILES string of the molecule is CC#CC(=O)Nc1c(C)csc1C(=O)O. The van der Waals surface area contributed by atoms with Gasteiger partial charge in [-0.1, -0.05) is 5.92 Å². The van der Waals surface area contributed by atoms with Crippen molar-refractivity contribution in [2.75, 3.05) is 5.32 Å². The largest absolute Gasteiger partial charge is 0.477 e. The van der Waals surface area contributed by atoms with E-state index in [0.29, 0.717) is 5.69 Å². The van der Waals surface area contributed by atoms with Gasteiger partial charge in [0.25, 0.3) is 5.91 Å². The van der Waals surface area contributed by atoms with E-state index in [1.807, 2.05) is 0 Å². The maximum Gasteiger partial charge on any atom is 0.348 e. The molecule has 1 heterocycles. The van der Waals surface area contributed by atoms with Crippen LogP contribution in [0.3, 0.4) is 0 Å². The van der Waals surface area contributed by atoms with Gasteiger partial charge in [0.15, 0.2) is 0 Å². The normalized spacial score (nSPS) is 8.93. The van der Waals surface area contributed by atoms with Crippen LogP contribution in [0.25, 0.3) is 0 Å². The van der Waals surface area contributed by atoms with Gasteiger partial charge in [0.2, 0.25) is 0 Å². The smallest absolute Gasteiger partial charge is 0.348 e. The van der Waals surface area contributed by atoms with Gasteiger partial charge in [0, 0.05) is 0 Å². The van der Waals surface area contributed by atoms with Crippen molar-refractivity contribution >= 4 is 28.9 Å². The van der Waals surface area contributed by atoms with Crippen molar-refractivity contribution in [3.8, 4) is 11.8 Å². The molecule has 1 rings (SSSR count). The molecule has 0 saturated carbocycles. The lowest BCUT2D eigenvalue weighted by Crippen LogP contribution is -2.11. The van der Waals surface area contributed by atoms with Gasteiger partial charge in [-0.3, -0.25) is 4.79 Å². The average Bonchev–Trinajstić information content (AvgIpc) is 2.48. The summed E-state index contributed by atoms with van der Waals surface area (Å²) in [6.45, 7) is 3.27. The molecule has 0 atom stereocenters. The summed E-state index contributed by atoms with van der Waals surface area (Å²) in [4.78, 5) is 22.1. The summed E-state index contributed by atoms with van der Waals surface area (Å²) in [7, 11) is 0. The van der Waals surface area contributed by atoms with Gasteiger partial charge in [0.05, 0.1) is 5.69 Å². The Kier molecular flexibility index (Phi) is 3.47. The number of anilines is 1. The Morgan fingerprint density at radius 2 is 2.20 bits per heavy atom. The van der Waals surface area contributed by atoms with Gasteiger partial charge in [0.1, 0.15) is 4.88 Å². The van der Waals surface area contributed by atoms with Gasteiger partial charge in [-0.15, -0.1) is 11.3 Å². The molecule has 2 N–H and O–H groups in total. The van der Waals surface area contributed by atoms with E-state index in [0.717, 1.165) is 16.9 Å². The number of carboxylic acid groups (broad SMARTS) is 1. The summed E-state index contributed by atoms with van der Waals surface area (Å²) in [6.07, 6.45) is 0. The molecule has 4 nitrogen and oxygen atoms in total. The Morgan fingerprint density at radius 1 is 1.53 bits per heavy atom. The first-order chi connectivity index (χ1) is 7.06. The zero-order valence-corrected chi connectivity index (χ0v) is 9.07. The maximum absolute atomic E-state index is 11.2. The second-order valence-corrected chi connectivity index (χ2v) is 3.64. The van der Waals surface area contributed by atoms with E-state index in [-0.39, 0.29) is 4.88 Å². The maximum atomic E-state index is 11.2. The number of carbonyl (C=O) groups excluding carboxylic acids is 1. The van der Waals surface area contributed by atoms with Gasteiger partial charge in [-0.2, -0.15) is 0 Å². The third-order valence-corrected chi connectivity index (χ3v) is 2.73. The average molecular weight is 223 g/mol. The molecular weight excluding hydrogens is 214 g/mol. The lowest BCUT2D eigenvalue weighted by Gasteiger charge is -2.01. The Balaban J connectivity index is 3.01. The summed E-state index contributed by atoms with van der Waals surface area (Å²) in [5.74, 6) is 3.18. The van der Waals surface area contributed by atoms with Crippen molar-refractivity contribution in [1.82, 2.24) is 0 Å². The Bertz CT molecular complexity index is 465. The first kappa shape index (κ1) is 11.3. The van der Waals surface area contributed by atoms with Crippen molar-refractivity contribution < 1.29 is 14.7 Å². The number of nitrogens with one attached hydrogen (secondary N) is 1. The van der Waals surface area contributed by atoms with Crippen LogP contribution in [0.5, 0.6) is 0 Å². The molecule has 0 aliphatic rings. The number of rotatable bonds is 2. The van der Waals surface area contributed by atoms with E-state index >= 15 is 0 Å². The first-order valence-corrected chi connectivity index (χ1v) is 4.99. The monoisotopic (exact) mass is 223 g/mol. The minimum atomic E-state index is -1.05. The van der Waals surface area contributed by atoms with Crippen LogP contribution in [0, 0.1) is 18.8 Å². The van der Waals surface area contributed by atoms with E-state index < -0.39 is 11.9 Å². The highest BCUT2D eigenvalue weighted by Crippen LogP contribution is 2.27. The van der Waals surface area contributed by atoms with E-state index in [4.69, 9.17) is 5.11 Å². The summed E-state index contributed by atoms with van der Waals surface area (Å²) < 4.78 is 0. The van der Waals surface area contributed by atoms with Crippen LogP contribution < -0.4 is 5.32 Å². The highest BCUT2D eigenvalue weighted by Gasteiger charge is 2.16. The predicted molar refractivity (Wildman–Crippen MR) is 58.1 cm³/mol. The molecule has 0 aliphatic carbocycles. The molecule has 0 unspecified atom stereocenters. The Morgan fingerprint density at radius 3 is 2.73 bits per heavy atom. The van der Waals surface area contributed by atoms with Crippen LogP contribution in [0.4, 0.5) is 5.69 Å². The standard InChI is InChI=1S/C10H9NO3S/c1-3-4-7(12)11-8-6(2)5-15-9(8)10(13)14/h5H,1-2H3,(H,11,12)(H,13,14). The highest BCUT2D eigenvalue weighted by molar-refractivity contribution is 7.12. The van der Waals surface area contributed by atoms with Gasteiger partial charge in [-0.05, 0) is 30.7 Å². The minimum Gasteiger partial charge on any atom is -0.477 e. The minimum absolute atomic E-state index is 0.124. The second-order valence-electron chi connectivity index (χ2n) is 2.76. The fourth-order valence-electron chi connectivity index (χ4n) is 1.02. The van der Waals surface area contributed by atoms with Crippen LogP contribution in [0.15, 0.2) is 5.38 Å². The fraction of sp³-hybridized carbons (Fsp3) is 0.200. The Labute approximate surface area is 90.9 Å². The van der Waals surface area contributed by atoms with Crippen molar-refractivity contribution in [2.24, 2.45) is 0 Å². The lowest BCUT2D eigenvalue weighted by molar-refractivity contribution is -0.111. The van der Waals surface area contributed by atoms with Crippen molar-refractivity contribution in [1.29, 1.82) is 0 Å². The van der Waals surface area contributed by atoms with Crippen molar-refractivity contribution in [3.05, 3.63) is 15.8 Å². The van der Waals surface area contributed by atoms with Crippen molar-refractivity contribution in [2.45, 2.75) is 13.8 Å². The molecular formula is C10H9NO3S. The number of carbonyl (C=O) groups is 2. The van der Waals surface area contributed by atoms with Gasteiger partial charge >= 0.3 is 5.97 Å². The molecule has 0 spiro atoms. The lowest BCUT2D eigenvalue weighted by atomic mass is 10.2. The first-order valence-electron chi connectivity index (χ1n) is 4.11. The third-order valence-electron chi connectivity index (χ3n) is 1.65. The van der Waals surface area contributed by atoms with Gasteiger partial charge in [-0.25, -0.2) is 4.79 Å². The van der Waals surface area contributed by atoms with Crippen LogP contribution in [-0.4, -0.2) is 17.0 Å². The molecule has 1 aromatic heterocycles. The zero-order valence-electron chi connectivity index (χ0n) is 8.25. The molecule has 0 radical (unpaired) electrons. The van der Waals surface area contributed by atoms with Crippen LogP contribution >= 0.6 is 11.3 Å². The molecule has 5 heteroatoms. The molecule has 0 fully saturated rings. The van der Waals surface area contributed by atoms with Gasteiger partial charge < -0.3 is 10.4 Å². The molecule has 0 aliphatic heterocycles. The number of thiophene rings is 1. The molecule has 78 valence electrons. The van der Waals surface area contributed by atoms with Crippen LogP contribution in [0.2, 0.25) is 0 Å². The van der Waals surface area contributed by atoms with Crippen molar-refractivity contribution in [3.63, 3.8) is 0 Å².